The Labute approximate surface area is 104 Å². The van der Waals surface area contributed by atoms with E-state index in [0.717, 1.165) is 0 Å². The molecule has 1 saturated heterocycles. The van der Waals surface area contributed by atoms with E-state index in [1.807, 2.05) is 0 Å². The molecule has 0 spiro atoms. The molecular formula is C11H16O7. The van der Waals surface area contributed by atoms with Gasteiger partial charge in [-0.05, 0) is 6.92 Å². The first-order valence-corrected chi connectivity index (χ1v) is 5.20. The summed E-state index contributed by atoms with van der Waals surface area (Å²) in [5, 5.41) is 15.8. The van der Waals surface area contributed by atoms with E-state index in [4.69, 9.17) is 19.7 Å². The molecule has 0 amide bonds. The van der Waals surface area contributed by atoms with Crippen LogP contribution in [-0.4, -0.2) is 47.4 Å². The summed E-state index contributed by atoms with van der Waals surface area (Å²) in [5.74, 6) is -2.49. The van der Waals surface area contributed by atoms with E-state index in [2.05, 4.69) is 6.58 Å². The molecule has 102 valence electrons. The summed E-state index contributed by atoms with van der Waals surface area (Å²) in [6, 6.07) is 0. The van der Waals surface area contributed by atoms with Crippen LogP contribution in [0.3, 0.4) is 0 Å². The van der Waals surface area contributed by atoms with Crippen molar-refractivity contribution in [3.05, 3.63) is 12.2 Å². The number of carboxylic acid groups (broad SMARTS) is 2. The number of carbonyl (C=O) groups is 3. The SMILES string of the molecule is C=C(C)C(=O)OCC1CO1.O=C(O)CCC(=O)O. The van der Waals surface area contributed by atoms with E-state index in [9.17, 15) is 14.4 Å². The molecule has 0 saturated carbocycles. The molecule has 1 rings (SSSR count). The number of esters is 1. The van der Waals surface area contributed by atoms with Gasteiger partial charge in [0, 0.05) is 5.57 Å². The van der Waals surface area contributed by atoms with Crippen molar-refractivity contribution >= 4 is 17.9 Å². The normalized spacial score (nSPS) is 15.9. The molecule has 1 atom stereocenters. The number of hydrogen-bond donors (Lipinski definition) is 2. The molecule has 0 aliphatic carbocycles. The van der Waals surface area contributed by atoms with Gasteiger partial charge in [0.05, 0.1) is 19.4 Å². The van der Waals surface area contributed by atoms with E-state index in [-0.39, 0.29) is 24.9 Å². The van der Waals surface area contributed by atoms with E-state index in [1.54, 1.807) is 6.92 Å². The number of ether oxygens (including phenoxy) is 2. The van der Waals surface area contributed by atoms with Crippen molar-refractivity contribution in [2.45, 2.75) is 25.9 Å². The van der Waals surface area contributed by atoms with Gasteiger partial charge in [-0.15, -0.1) is 0 Å². The maximum atomic E-state index is 10.7. The smallest absolute Gasteiger partial charge is 0.333 e. The first kappa shape index (κ1) is 16.1. The lowest BCUT2D eigenvalue weighted by atomic mass is 10.3. The maximum absolute atomic E-state index is 10.7. The van der Waals surface area contributed by atoms with Crippen LogP contribution in [0.5, 0.6) is 0 Å². The van der Waals surface area contributed by atoms with Gasteiger partial charge in [-0.2, -0.15) is 0 Å². The molecule has 2 N–H and O–H groups in total. The quantitative estimate of drug-likeness (QED) is 0.404. The Bertz CT molecular complexity index is 316. The van der Waals surface area contributed by atoms with Crippen molar-refractivity contribution in [1.82, 2.24) is 0 Å². The van der Waals surface area contributed by atoms with Crippen molar-refractivity contribution in [3.8, 4) is 0 Å². The number of rotatable bonds is 6. The third kappa shape index (κ3) is 10.6. The van der Waals surface area contributed by atoms with Crippen LogP contribution >= 0.6 is 0 Å². The fourth-order valence-corrected chi connectivity index (χ4v) is 0.670. The van der Waals surface area contributed by atoms with Gasteiger partial charge >= 0.3 is 17.9 Å². The van der Waals surface area contributed by atoms with Gasteiger partial charge < -0.3 is 19.7 Å². The van der Waals surface area contributed by atoms with Gasteiger partial charge in [-0.1, -0.05) is 6.58 Å². The van der Waals surface area contributed by atoms with Crippen molar-refractivity contribution in [1.29, 1.82) is 0 Å². The molecule has 0 bridgehead atoms. The summed E-state index contributed by atoms with van der Waals surface area (Å²) in [5.41, 5.74) is 0.431. The fraction of sp³-hybridized carbons (Fsp3) is 0.545. The van der Waals surface area contributed by atoms with Crippen LogP contribution in [0.1, 0.15) is 19.8 Å². The van der Waals surface area contributed by atoms with E-state index in [1.165, 1.54) is 0 Å². The highest BCUT2D eigenvalue weighted by Crippen LogP contribution is 2.09. The number of carboxylic acids is 2. The summed E-state index contributed by atoms with van der Waals surface area (Å²) >= 11 is 0. The highest BCUT2D eigenvalue weighted by atomic mass is 16.6. The van der Waals surface area contributed by atoms with Gasteiger partial charge in [-0.3, -0.25) is 9.59 Å². The van der Waals surface area contributed by atoms with E-state index in [0.29, 0.717) is 18.8 Å². The minimum absolute atomic E-state index is 0.142. The second-order valence-corrected chi connectivity index (χ2v) is 3.62. The number of epoxide rings is 1. The predicted molar refractivity (Wildman–Crippen MR) is 60.0 cm³/mol. The zero-order valence-electron chi connectivity index (χ0n) is 10.0. The first-order chi connectivity index (χ1) is 8.32. The van der Waals surface area contributed by atoms with Crippen LogP contribution in [0.2, 0.25) is 0 Å². The molecule has 7 nitrogen and oxygen atoms in total. The Morgan fingerprint density at radius 3 is 2.00 bits per heavy atom. The molecule has 1 fully saturated rings. The summed E-state index contributed by atoms with van der Waals surface area (Å²) in [7, 11) is 0. The molecule has 1 aliphatic rings. The van der Waals surface area contributed by atoms with Crippen molar-refractivity contribution in [3.63, 3.8) is 0 Å². The Balaban J connectivity index is 0.000000331. The minimum Gasteiger partial charge on any atom is -0.481 e. The number of aliphatic carboxylic acids is 2. The molecule has 7 heteroatoms. The molecule has 0 aromatic heterocycles. The van der Waals surface area contributed by atoms with Gasteiger partial charge in [0.1, 0.15) is 12.7 Å². The van der Waals surface area contributed by atoms with Crippen LogP contribution in [-0.2, 0) is 23.9 Å². The van der Waals surface area contributed by atoms with Gasteiger partial charge in [0.2, 0.25) is 0 Å². The fourth-order valence-electron chi connectivity index (χ4n) is 0.670. The summed E-state index contributed by atoms with van der Waals surface area (Å²) in [6.45, 7) is 6.14. The minimum atomic E-state index is -1.08. The number of carbonyl (C=O) groups excluding carboxylic acids is 1. The summed E-state index contributed by atoms with van der Waals surface area (Å²) in [4.78, 5) is 30.0. The largest absolute Gasteiger partial charge is 0.481 e. The van der Waals surface area contributed by atoms with Crippen LogP contribution in [0.25, 0.3) is 0 Å². The van der Waals surface area contributed by atoms with Crippen LogP contribution in [0.15, 0.2) is 12.2 Å². The summed E-state index contributed by atoms with van der Waals surface area (Å²) in [6.07, 6.45) is -0.451. The topological polar surface area (TPSA) is 113 Å². The lowest BCUT2D eigenvalue weighted by Crippen LogP contribution is -2.09. The second kappa shape index (κ2) is 8.24. The van der Waals surface area contributed by atoms with Crippen molar-refractivity contribution in [2.24, 2.45) is 0 Å². The molecule has 0 aromatic carbocycles. The zero-order valence-corrected chi connectivity index (χ0v) is 10.0. The average molecular weight is 260 g/mol. The molecule has 0 aromatic rings. The molecule has 18 heavy (non-hydrogen) atoms. The molecule has 1 aliphatic heterocycles. The van der Waals surface area contributed by atoms with Crippen LogP contribution in [0.4, 0.5) is 0 Å². The highest BCUT2D eigenvalue weighted by molar-refractivity contribution is 5.86. The Morgan fingerprint density at radius 1 is 1.28 bits per heavy atom. The predicted octanol–water partition coefficient (Wildman–Crippen LogP) is 0.440. The van der Waals surface area contributed by atoms with Gasteiger partial charge in [0.25, 0.3) is 0 Å². The molecule has 1 unspecified atom stereocenters. The third-order valence-corrected chi connectivity index (χ3v) is 1.70. The van der Waals surface area contributed by atoms with Crippen molar-refractivity contribution in [2.75, 3.05) is 13.2 Å². The van der Waals surface area contributed by atoms with E-state index >= 15 is 0 Å². The van der Waals surface area contributed by atoms with Crippen LogP contribution < -0.4 is 0 Å². The van der Waals surface area contributed by atoms with Crippen LogP contribution in [0, 0.1) is 0 Å². The van der Waals surface area contributed by atoms with Crippen molar-refractivity contribution < 1.29 is 34.1 Å². The summed E-state index contributed by atoms with van der Waals surface area (Å²) < 4.78 is 9.60. The lowest BCUT2D eigenvalue weighted by molar-refractivity contribution is -0.143. The molecular weight excluding hydrogens is 244 g/mol. The maximum Gasteiger partial charge on any atom is 0.333 e. The first-order valence-electron chi connectivity index (χ1n) is 5.20. The Kier molecular flexibility index (Phi) is 7.37. The third-order valence-electron chi connectivity index (χ3n) is 1.70. The Morgan fingerprint density at radius 2 is 1.72 bits per heavy atom. The molecule has 0 radical (unpaired) electrons. The zero-order chi connectivity index (χ0) is 14.1. The van der Waals surface area contributed by atoms with Gasteiger partial charge in [-0.25, -0.2) is 4.79 Å². The molecule has 1 heterocycles. The highest BCUT2D eigenvalue weighted by Gasteiger charge is 2.24. The van der Waals surface area contributed by atoms with E-state index < -0.39 is 11.9 Å². The second-order valence-electron chi connectivity index (χ2n) is 3.62. The standard InChI is InChI=1S/C7H10O3.C4H6O4/c1-5(2)7(8)10-4-6-3-9-6;5-3(6)1-2-4(7)8/h6H,1,3-4H2,2H3;1-2H2,(H,5,6)(H,7,8). The Hall–Kier alpha value is -1.89. The monoisotopic (exact) mass is 260 g/mol. The number of hydrogen-bond acceptors (Lipinski definition) is 5. The van der Waals surface area contributed by atoms with Gasteiger partial charge in [0.15, 0.2) is 0 Å². The average Bonchev–Trinajstić information content (AvgIpc) is 3.07. The lowest BCUT2D eigenvalue weighted by Gasteiger charge is -1.99.